The van der Waals surface area contributed by atoms with Crippen molar-refractivity contribution in [3.8, 4) is 5.75 Å². The van der Waals surface area contributed by atoms with E-state index in [4.69, 9.17) is 4.74 Å². The molecule has 1 aliphatic rings. The predicted octanol–water partition coefficient (Wildman–Crippen LogP) is 3.45. The highest BCUT2D eigenvalue weighted by Crippen LogP contribution is 2.54. The average Bonchev–Trinajstić information content (AvgIpc) is 3.09. The molecule has 1 aliphatic carbocycles. The van der Waals surface area contributed by atoms with Crippen LogP contribution in [0.4, 0.5) is 0 Å². The van der Waals surface area contributed by atoms with E-state index < -0.39 is 0 Å². The molecule has 0 aliphatic heterocycles. The molecule has 96 valence electrons. The number of rotatable bonds is 4. The largest absolute Gasteiger partial charge is 0.496 e. The van der Waals surface area contributed by atoms with Crippen LogP contribution in [-0.4, -0.2) is 13.2 Å². The monoisotopic (exact) mass is 245 g/mol. The minimum Gasteiger partial charge on any atom is -0.496 e. The van der Waals surface area contributed by atoms with Gasteiger partial charge >= 0.3 is 0 Å². The molecule has 0 amide bonds. The van der Waals surface area contributed by atoms with Crippen molar-refractivity contribution in [1.29, 1.82) is 0 Å². The quantitative estimate of drug-likeness (QED) is 0.602. The summed E-state index contributed by atoms with van der Waals surface area (Å²) in [6.45, 7) is 6.32. The fourth-order valence-electron chi connectivity index (χ4n) is 2.57. The second kappa shape index (κ2) is 4.58. The highest BCUT2D eigenvalue weighted by atomic mass is 16.5. The number of carbonyl (C=O) groups excluding carboxylic acids is 1. The molecule has 18 heavy (non-hydrogen) atoms. The van der Waals surface area contributed by atoms with Gasteiger partial charge < -0.3 is 4.74 Å². The average molecular weight is 245 g/mol. The van der Waals surface area contributed by atoms with E-state index >= 15 is 0 Å². The SMILES string of the molecule is COc1c(C(C)C)ccc(C)c1C1(N=C=O)CC1. The van der Waals surface area contributed by atoms with Crippen LogP contribution >= 0.6 is 0 Å². The molecule has 2 rings (SSSR count). The summed E-state index contributed by atoms with van der Waals surface area (Å²) in [7, 11) is 1.69. The summed E-state index contributed by atoms with van der Waals surface area (Å²) >= 11 is 0. The number of benzene rings is 1. The number of hydrogen-bond donors (Lipinski definition) is 0. The third-order valence-corrected chi connectivity index (χ3v) is 3.67. The molecule has 0 spiro atoms. The lowest BCUT2D eigenvalue weighted by molar-refractivity contribution is 0.396. The third kappa shape index (κ3) is 1.95. The molecule has 0 atom stereocenters. The van der Waals surface area contributed by atoms with Gasteiger partial charge in [0.15, 0.2) is 0 Å². The molecule has 0 unspecified atom stereocenters. The van der Waals surface area contributed by atoms with E-state index in [-0.39, 0.29) is 5.54 Å². The van der Waals surface area contributed by atoms with E-state index in [0.29, 0.717) is 5.92 Å². The summed E-state index contributed by atoms with van der Waals surface area (Å²) in [6.07, 6.45) is 3.52. The predicted molar refractivity (Wildman–Crippen MR) is 70.9 cm³/mol. The number of methoxy groups -OCH3 is 1. The van der Waals surface area contributed by atoms with Crippen molar-refractivity contribution >= 4 is 6.08 Å². The van der Waals surface area contributed by atoms with Crippen molar-refractivity contribution in [2.45, 2.75) is 45.1 Å². The Hall–Kier alpha value is -1.60. The van der Waals surface area contributed by atoms with Crippen LogP contribution in [0, 0.1) is 6.92 Å². The molecular weight excluding hydrogens is 226 g/mol. The molecule has 3 heteroatoms. The van der Waals surface area contributed by atoms with Gasteiger partial charge in [-0.1, -0.05) is 26.0 Å². The Balaban J connectivity index is 2.65. The van der Waals surface area contributed by atoms with Crippen LogP contribution in [0.1, 0.15) is 49.3 Å². The highest BCUT2D eigenvalue weighted by Gasteiger charge is 2.48. The number of ether oxygens (including phenoxy) is 1. The highest BCUT2D eigenvalue weighted by molar-refractivity contribution is 5.55. The first-order valence-corrected chi connectivity index (χ1v) is 6.32. The Kier molecular flexibility index (Phi) is 3.27. The Morgan fingerprint density at radius 1 is 1.39 bits per heavy atom. The zero-order valence-electron chi connectivity index (χ0n) is 11.4. The molecule has 0 aromatic heterocycles. The molecule has 1 saturated carbocycles. The summed E-state index contributed by atoms with van der Waals surface area (Å²) in [5.74, 6) is 1.27. The van der Waals surface area contributed by atoms with Crippen LogP contribution < -0.4 is 4.74 Å². The van der Waals surface area contributed by atoms with Crippen molar-refractivity contribution < 1.29 is 9.53 Å². The van der Waals surface area contributed by atoms with Gasteiger partial charge in [-0.25, -0.2) is 4.79 Å². The lowest BCUT2D eigenvalue weighted by atomic mass is 9.91. The van der Waals surface area contributed by atoms with Crippen molar-refractivity contribution in [3.05, 3.63) is 28.8 Å². The number of aryl methyl sites for hydroxylation is 1. The van der Waals surface area contributed by atoms with Gasteiger partial charge in [-0.15, -0.1) is 0 Å². The second-order valence-corrected chi connectivity index (χ2v) is 5.27. The lowest BCUT2D eigenvalue weighted by Gasteiger charge is -2.21. The topological polar surface area (TPSA) is 38.7 Å². The number of isocyanates is 1. The van der Waals surface area contributed by atoms with Crippen LogP contribution in [0.25, 0.3) is 0 Å². The van der Waals surface area contributed by atoms with Crippen molar-refractivity contribution in [2.24, 2.45) is 4.99 Å². The van der Waals surface area contributed by atoms with E-state index in [2.05, 4.69) is 31.0 Å². The van der Waals surface area contributed by atoms with E-state index in [1.54, 1.807) is 13.2 Å². The minimum atomic E-state index is -0.373. The standard InChI is InChI=1S/C15H19NO2/c1-10(2)12-6-5-11(3)13(14(12)18-4)15(7-8-15)16-9-17/h5-6,10H,7-8H2,1-4H3. The van der Waals surface area contributed by atoms with Gasteiger partial charge in [0, 0.05) is 5.56 Å². The summed E-state index contributed by atoms with van der Waals surface area (Å²) in [4.78, 5) is 14.7. The lowest BCUT2D eigenvalue weighted by Crippen LogP contribution is -2.10. The van der Waals surface area contributed by atoms with Crippen molar-refractivity contribution in [2.75, 3.05) is 7.11 Å². The normalized spacial score (nSPS) is 16.3. The number of nitrogens with zero attached hydrogens (tertiary/aromatic N) is 1. The molecule has 0 saturated heterocycles. The molecule has 0 N–H and O–H groups in total. The minimum absolute atomic E-state index is 0.373. The van der Waals surface area contributed by atoms with Gasteiger partial charge in [0.25, 0.3) is 0 Å². The molecule has 0 heterocycles. The summed E-state index contributed by atoms with van der Waals surface area (Å²) in [5.41, 5.74) is 3.00. The van der Waals surface area contributed by atoms with Gasteiger partial charge in [0.1, 0.15) is 11.3 Å². The first-order valence-electron chi connectivity index (χ1n) is 6.32. The Morgan fingerprint density at radius 3 is 2.50 bits per heavy atom. The molecule has 0 radical (unpaired) electrons. The van der Waals surface area contributed by atoms with E-state index in [1.165, 1.54) is 5.56 Å². The molecule has 3 nitrogen and oxygen atoms in total. The molecule has 1 aromatic rings. The summed E-state index contributed by atoms with van der Waals surface area (Å²) < 4.78 is 5.60. The van der Waals surface area contributed by atoms with Gasteiger partial charge in [-0.3, -0.25) is 0 Å². The number of hydrogen-bond acceptors (Lipinski definition) is 3. The van der Waals surface area contributed by atoms with Crippen LogP contribution in [0.5, 0.6) is 5.75 Å². The Labute approximate surface area is 108 Å². The maximum absolute atomic E-state index is 10.6. The third-order valence-electron chi connectivity index (χ3n) is 3.67. The molecular formula is C15H19NO2. The van der Waals surface area contributed by atoms with E-state index in [0.717, 1.165) is 29.7 Å². The van der Waals surface area contributed by atoms with Gasteiger partial charge in [0.2, 0.25) is 6.08 Å². The van der Waals surface area contributed by atoms with Crippen LogP contribution in [0.2, 0.25) is 0 Å². The Morgan fingerprint density at radius 2 is 2.06 bits per heavy atom. The van der Waals surface area contributed by atoms with Gasteiger partial charge in [0.05, 0.1) is 7.11 Å². The summed E-state index contributed by atoms with van der Waals surface area (Å²) in [6, 6.07) is 4.19. The number of aliphatic imine (C=N–C) groups is 1. The van der Waals surface area contributed by atoms with Gasteiger partial charge in [-0.2, -0.15) is 4.99 Å². The van der Waals surface area contributed by atoms with Crippen molar-refractivity contribution in [1.82, 2.24) is 0 Å². The maximum Gasteiger partial charge on any atom is 0.235 e. The zero-order chi connectivity index (χ0) is 13.3. The van der Waals surface area contributed by atoms with Crippen LogP contribution in [-0.2, 0) is 10.3 Å². The fraction of sp³-hybridized carbons (Fsp3) is 0.533. The van der Waals surface area contributed by atoms with Gasteiger partial charge in [-0.05, 0) is 36.8 Å². The summed E-state index contributed by atoms with van der Waals surface area (Å²) in [5, 5.41) is 0. The maximum atomic E-state index is 10.6. The first-order chi connectivity index (χ1) is 8.55. The van der Waals surface area contributed by atoms with Crippen LogP contribution in [0.15, 0.2) is 17.1 Å². The molecule has 1 fully saturated rings. The first kappa shape index (κ1) is 12.8. The fourth-order valence-corrected chi connectivity index (χ4v) is 2.57. The zero-order valence-corrected chi connectivity index (χ0v) is 11.4. The molecule has 1 aromatic carbocycles. The molecule has 0 bridgehead atoms. The van der Waals surface area contributed by atoms with E-state index in [1.807, 2.05) is 6.92 Å². The Bertz CT molecular complexity index is 509. The van der Waals surface area contributed by atoms with E-state index in [9.17, 15) is 4.79 Å². The second-order valence-electron chi connectivity index (χ2n) is 5.27. The smallest absolute Gasteiger partial charge is 0.235 e. The van der Waals surface area contributed by atoms with Crippen molar-refractivity contribution in [3.63, 3.8) is 0 Å². The van der Waals surface area contributed by atoms with Crippen LogP contribution in [0.3, 0.4) is 0 Å².